The third-order valence-corrected chi connectivity index (χ3v) is 5.51. The zero-order chi connectivity index (χ0) is 21.6. The Hall–Kier alpha value is -2.71. The summed E-state index contributed by atoms with van der Waals surface area (Å²) in [5.74, 6) is 0.0622. The van der Waals surface area contributed by atoms with Gasteiger partial charge in [0, 0.05) is 19.5 Å². The number of nitriles is 1. The minimum Gasteiger partial charge on any atom is -0.335 e. The monoisotopic (exact) mass is 407 g/mol. The van der Waals surface area contributed by atoms with Gasteiger partial charge in [-0.15, -0.1) is 0 Å². The van der Waals surface area contributed by atoms with Gasteiger partial charge in [-0.3, -0.25) is 4.79 Å². The highest BCUT2D eigenvalue weighted by Gasteiger charge is 2.16. The van der Waals surface area contributed by atoms with Gasteiger partial charge in [0.2, 0.25) is 5.91 Å². The number of likely N-dealkylation sites (tertiary alicyclic amines) is 1. The Kier molecular flexibility index (Phi) is 10.6. The van der Waals surface area contributed by atoms with Crippen molar-refractivity contribution in [3.63, 3.8) is 0 Å². The molecular formula is C25H33N3O2. The molecule has 1 amide bonds. The molecule has 1 aromatic rings. The average molecular weight is 408 g/mol. The van der Waals surface area contributed by atoms with Crippen LogP contribution in [0.1, 0.15) is 50.2 Å². The van der Waals surface area contributed by atoms with Crippen LogP contribution in [0.15, 0.2) is 42.5 Å². The van der Waals surface area contributed by atoms with Crippen LogP contribution < -0.4 is 0 Å². The van der Waals surface area contributed by atoms with Crippen LogP contribution in [0.4, 0.5) is 0 Å². The largest absolute Gasteiger partial charge is 0.335 e. The predicted octanol–water partition coefficient (Wildman–Crippen LogP) is 4.01. The van der Waals surface area contributed by atoms with Gasteiger partial charge in [-0.1, -0.05) is 48.9 Å². The van der Waals surface area contributed by atoms with E-state index in [2.05, 4.69) is 35.2 Å². The lowest BCUT2D eigenvalue weighted by atomic mass is 10.0. The van der Waals surface area contributed by atoms with Crippen LogP contribution >= 0.6 is 0 Å². The summed E-state index contributed by atoms with van der Waals surface area (Å²) < 4.78 is 0. The van der Waals surface area contributed by atoms with Crippen molar-refractivity contribution in [1.82, 2.24) is 9.80 Å². The number of carbonyl (C=O) groups excluding carboxylic acids is 2. The number of benzene rings is 1. The number of amides is 1. The molecule has 160 valence electrons. The Morgan fingerprint density at radius 2 is 1.93 bits per heavy atom. The molecule has 0 radical (unpaired) electrons. The van der Waals surface area contributed by atoms with E-state index in [1.54, 1.807) is 4.90 Å². The van der Waals surface area contributed by atoms with Crippen molar-refractivity contribution in [3.8, 4) is 6.07 Å². The Bertz CT molecular complexity index is 769. The van der Waals surface area contributed by atoms with Crippen molar-refractivity contribution >= 4 is 17.8 Å². The number of aldehydes is 1. The molecule has 0 saturated carbocycles. The first kappa shape index (κ1) is 23.6. The van der Waals surface area contributed by atoms with Gasteiger partial charge >= 0.3 is 0 Å². The maximum Gasteiger partial charge on any atom is 0.224 e. The first-order valence-corrected chi connectivity index (χ1v) is 10.9. The molecule has 1 aliphatic heterocycles. The molecule has 1 heterocycles. The van der Waals surface area contributed by atoms with E-state index >= 15 is 0 Å². The van der Waals surface area contributed by atoms with Gasteiger partial charge in [0.05, 0.1) is 19.0 Å². The lowest BCUT2D eigenvalue weighted by molar-refractivity contribution is -0.133. The SMILES string of the molecule is C/C(=C\C=C/CC#N)c1ccc(CCN(CC=O)C(=O)CCN2CCCCC2)cc1. The first-order valence-electron chi connectivity index (χ1n) is 10.9. The fraction of sp³-hybridized carbons (Fsp3) is 0.480. The maximum absolute atomic E-state index is 12.6. The average Bonchev–Trinajstić information content (AvgIpc) is 2.78. The van der Waals surface area contributed by atoms with Crippen LogP contribution in [0.2, 0.25) is 0 Å². The van der Waals surface area contributed by atoms with E-state index in [4.69, 9.17) is 5.26 Å². The van der Waals surface area contributed by atoms with Crippen LogP contribution in [0, 0.1) is 11.3 Å². The molecule has 0 spiro atoms. The molecule has 1 aromatic carbocycles. The number of hydrogen-bond donors (Lipinski definition) is 0. The van der Waals surface area contributed by atoms with E-state index in [0.717, 1.165) is 49.0 Å². The third-order valence-electron chi connectivity index (χ3n) is 5.51. The van der Waals surface area contributed by atoms with Gasteiger partial charge in [0.1, 0.15) is 6.29 Å². The molecule has 1 fully saturated rings. The van der Waals surface area contributed by atoms with Crippen molar-refractivity contribution in [1.29, 1.82) is 5.26 Å². The summed E-state index contributed by atoms with van der Waals surface area (Å²) >= 11 is 0. The lowest BCUT2D eigenvalue weighted by Crippen LogP contribution is -2.38. The summed E-state index contributed by atoms with van der Waals surface area (Å²) in [7, 11) is 0. The lowest BCUT2D eigenvalue weighted by Gasteiger charge is -2.27. The number of carbonyl (C=O) groups is 2. The summed E-state index contributed by atoms with van der Waals surface area (Å²) in [4.78, 5) is 27.7. The topological polar surface area (TPSA) is 64.4 Å². The number of rotatable bonds is 11. The van der Waals surface area contributed by atoms with Crippen LogP contribution in [0.5, 0.6) is 0 Å². The molecule has 5 nitrogen and oxygen atoms in total. The molecule has 0 N–H and O–H groups in total. The smallest absolute Gasteiger partial charge is 0.224 e. The third kappa shape index (κ3) is 8.34. The zero-order valence-electron chi connectivity index (χ0n) is 18.1. The molecule has 0 unspecified atom stereocenters. The number of allylic oxidation sites excluding steroid dienone is 4. The molecule has 5 heteroatoms. The van der Waals surface area contributed by atoms with E-state index in [9.17, 15) is 9.59 Å². The summed E-state index contributed by atoms with van der Waals surface area (Å²) in [5, 5.41) is 8.56. The van der Waals surface area contributed by atoms with Gasteiger partial charge < -0.3 is 14.6 Å². The van der Waals surface area contributed by atoms with Gasteiger partial charge in [-0.25, -0.2) is 0 Å². The summed E-state index contributed by atoms with van der Waals surface area (Å²) in [6, 6.07) is 10.4. The van der Waals surface area contributed by atoms with E-state index < -0.39 is 0 Å². The van der Waals surface area contributed by atoms with Crippen LogP contribution in [-0.4, -0.2) is 54.7 Å². The van der Waals surface area contributed by atoms with Gasteiger partial charge in [-0.2, -0.15) is 5.26 Å². The van der Waals surface area contributed by atoms with Gasteiger partial charge in [0.25, 0.3) is 0 Å². The minimum atomic E-state index is 0.0622. The first-order chi connectivity index (χ1) is 14.6. The molecule has 0 aromatic heterocycles. The second-order valence-electron chi connectivity index (χ2n) is 7.75. The molecule has 1 saturated heterocycles. The van der Waals surface area contributed by atoms with Crippen molar-refractivity contribution in [2.75, 3.05) is 32.7 Å². The highest BCUT2D eigenvalue weighted by atomic mass is 16.2. The normalized spacial score (nSPS) is 15.1. The second kappa shape index (κ2) is 13.5. The van der Waals surface area contributed by atoms with E-state index in [1.807, 2.05) is 25.2 Å². The summed E-state index contributed by atoms with van der Waals surface area (Å²) in [6.07, 6.45) is 11.9. The van der Waals surface area contributed by atoms with Crippen molar-refractivity contribution in [3.05, 3.63) is 53.6 Å². The fourth-order valence-corrected chi connectivity index (χ4v) is 3.63. The summed E-state index contributed by atoms with van der Waals surface area (Å²) in [5.41, 5.74) is 3.40. The molecule has 30 heavy (non-hydrogen) atoms. The maximum atomic E-state index is 12.6. The van der Waals surface area contributed by atoms with E-state index in [1.165, 1.54) is 19.3 Å². The molecule has 0 aliphatic carbocycles. The van der Waals surface area contributed by atoms with Crippen molar-refractivity contribution in [2.45, 2.75) is 45.4 Å². The molecule has 0 atom stereocenters. The van der Waals surface area contributed by atoms with Gasteiger partial charge in [-0.05, 0) is 56.0 Å². The van der Waals surface area contributed by atoms with Crippen molar-refractivity contribution < 1.29 is 9.59 Å². The number of hydrogen-bond acceptors (Lipinski definition) is 4. The van der Waals surface area contributed by atoms with Crippen LogP contribution in [0.25, 0.3) is 5.57 Å². The standard InChI is InChI=1S/C25H33N3O2/c1-22(8-4-2-5-15-26)24-11-9-23(10-12-24)13-19-28(20-21-29)25(30)14-18-27-16-6-3-7-17-27/h2,4,8-12,21H,3,5-7,13-14,16-20H2,1H3/b4-2-,22-8+. The molecule has 1 aliphatic rings. The fourth-order valence-electron chi connectivity index (χ4n) is 3.63. The van der Waals surface area contributed by atoms with E-state index in [-0.39, 0.29) is 12.5 Å². The predicted molar refractivity (Wildman–Crippen MR) is 121 cm³/mol. The van der Waals surface area contributed by atoms with E-state index in [0.29, 0.717) is 19.4 Å². The molecule has 2 rings (SSSR count). The number of nitrogens with zero attached hydrogens (tertiary/aromatic N) is 3. The van der Waals surface area contributed by atoms with Crippen molar-refractivity contribution in [2.24, 2.45) is 0 Å². The highest BCUT2D eigenvalue weighted by Crippen LogP contribution is 2.16. The highest BCUT2D eigenvalue weighted by molar-refractivity contribution is 5.78. The molecule has 0 bridgehead atoms. The Balaban J connectivity index is 1.85. The van der Waals surface area contributed by atoms with Crippen LogP contribution in [-0.2, 0) is 16.0 Å². The van der Waals surface area contributed by atoms with Crippen LogP contribution in [0.3, 0.4) is 0 Å². The number of piperidine rings is 1. The minimum absolute atomic E-state index is 0.0622. The summed E-state index contributed by atoms with van der Waals surface area (Å²) in [6.45, 7) is 5.71. The quantitative estimate of drug-likeness (QED) is 0.411. The second-order valence-corrected chi connectivity index (χ2v) is 7.75. The van der Waals surface area contributed by atoms with Gasteiger partial charge in [0.15, 0.2) is 0 Å². The Morgan fingerprint density at radius 1 is 1.20 bits per heavy atom. The molecular weight excluding hydrogens is 374 g/mol. The Morgan fingerprint density at radius 3 is 2.60 bits per heavy atom. The zero-order valence-corrected chi connectivity index (χ0v) is 18.1. The Labute approximate surface area is 180 Å².